The molecule has 25 heavy (non-hydrogen) atoms. The van der Waals surface area contributed by atoms with Crippen molar-refractivity contribution < 1.29 is 9.53 Å². The molecule has 0 radical (unpaired) electrons. The number of aromatic nitrogens is 2. The molecule has 0 spiro atoms. The number of carbonyl (C=O) groups excluding carboxylic acids is 1. The molecule has 0 aliphatic heterocycles. The van der Waals surface area contributed by atoms with Gasteiger partial charge in [0.2, 0.25) is 11.8 Å². The average molecular weight is 355 g/mol. The molecular weight excluding hydrogens is 334 g/mol. The molecule has 2 heterocycles. The quantitative estimate of drug-likeness (QED) is 0.703. The molecule has 130 valence electrons. The number of fused-ring (bicyclic) bond motifs is 1. The van der Waals surface area contributed by atoms with Crippen LogP contribution in [0.2, 0.25) is 0 Å². The van der Waals surface area contributed by atoms with E-state index in [-0.39, 0.29) is 5.91 Å². The molecule has 1 amide bonds. The zero-order valence-corrected chi connectivity index (χ0v) is 15.6. The first kappa shape index (κ1) is 17.4. The van der Waals surface area contributed by atoms with Gasteiger partial charge in [-0.25, -0.2) is 4.98 Å². The number of amides is 1. The van der Waals surface area contributed by atoms with Crippen molar-refractivity contribution in [1.29, 1.82) is 0 Å². The minimum Gasteiger partial charge on any atom is -0.438 e. The van der Waals surface area contributed by atoms with Crippen LogP contribution < -0.4 is 10.1 Å². The Kier molecular flexibility index (Phi) is 4.99. The topological polar surface area (TPSA) is 64.1 Å². The lowest BCUT2D eigenvalue weighted by Crippen LogP contribution is -2.05. The Bertz CT molecular complexity index is 901. The van der Waals surface area contributed by atoms with Crippen LogP contribution in [0, 0.1) is 12.8 Å². The van der Waals surface area contributed by atoms with Crippen LogP contribution in [0.25, 0.3) is 10.2 Å². The standard InChI is InChI=1S/C19H21N3O2S/c1-11(2)9-14-10-25-19-17(14)18(20-12(3)21-19)24-16-7-5-15(6-8-16)22-13(4)23/h5-8,10-11H,9H2,1-4H3,(H,22,23). The van der Waals surface area contributed by atoms with Gasteiger partial charge in [0.05, 0.1) is 5.39 Å². The van der Waals surface area contributed by atoms with Crippen molar-refractivity contribution in [1.82, 2.24) is 9.97 Å². The fourth-order valence-electron chi connectivity index (χ4n) is 2.65. The summed E-state index contributed by atoms with van der Waals surface area (Å²) in [7, 11) is 0. The normalized spacial score (nSPS) is 11.1. The van der Waals surface area contributed by atoms with Gasteiger partial charge < -0.3 is 10.1 Å². The number of nitrogens with one attached hydrogen (secondary N) is 1. The number of carbonyl (C=O) groups is 1. The molecule has 0 bridgehead atoms. The number of hydrogen-bond donors (Lipinski definition) is 1. The van der Waals surface area contributed by atoms with Crippen LogP contribution in [0.5, 0.6) is 11.6 Å². The van der Waals surface area contributed by atoms with Crippen LogP contribution in [0.15, 0.2) is 29.6 Å². The van der Waals surface area contributed by atoms with E-state index in [1.807, 2.05) is 31.2 Å². The molecule has 0 unspecified atom stereocenters. The lowest BCUT2D eigenvalue weighted by atomic mass is 10.0. The summed E-state index contributed by atoms with van der Waals surface area (Å²) in [5.41, 5.74) is 1.96. The Labute approximate surface area is 151 Å². The Morgan fingerprint density at radius 1 is 1.24 bits per heavy atom. The molecule has 0 atom stereocenters. The van der Waals surface area contributed by atoms with Gasteiger partial charge in [0, 0.05) is 12.6 Å². The second-order valence-electron chi connectivity index (χ2n) is 6.42. The summed E-state index contributed by atoms with van der Waals surface area (Å²) in [6, 6.07) is 7.27. The number of hydrogen-bond acceptors (Lipinski definition) is 5. The van der Waals surface area contributed by atoms with Crippen molar-refractivity contribution in [3.05, 3.63) is 41.0 Å². The van der Waals surface area contributed by atoms with E-state index >= 15 is 0 Å². The molecule has 2 aromatic heterocycles. The molecule has 1 N–H and O–H groups in total. The van der Waals surface area contributed by atoms with Gasteiger partial charge in [-0.15, -0.1) is 11.3 Å². The van der Waals surface area contributed by atoms with Gasteiger partial charge in [-0.3, -0.25) is 4.79 Å². The highest BCUT2D eigenvalue weighted by molar-refractivity contribution is 7.17. The van der Waals surface area contributed by atoms with E-state index in [0.717, 1.165) is 22.3 Å². The third kappa shape index (κ3) is 4.14. The van der Waals surface area contributed by atoms with Gasteiger partial charge >= 0.3 is 0 Å². The van der Waals surface area contributed by atoms with Gasteiger partial charge in [-0.2, -0.15) is 4.98 Å². The molecule has 0 saturated carbocycles. The van der Waals surface area contributed by atoms with E-state index in [2.05, 4.69) is 34.5 Å². The molecular formula is C19H21N3O2S. The predicted molar refractivity (Wildman–Crippen MR) is 102 cm³/mol. The van der Waals surface area contributed by atoms with Crippen LogP contribution in [-0.4, -0.2) is 15.9 Å². The molecule has 0 aliphatic carbocycles. The van der Waals surface area contributed by atoms with Crippen molar-refractivity contribution in [2.45, 2.75) is 34.1 Å². The van der Waals surface area contributed by atoms with Gasteiger partial charge in [-0.05, 0) is 54.5 Å². The van der Waals surface area contributed by atoms with Gasteiger partial charge in [-0.1, -0.05) is 13.8 Å². The number of thiophene rings is 1. The zero-order valence-electron chi connectivity index (χ0n) is 14.8. The summed E-state index contributed by atoms with van der Waals surface area (Å²) in [6.45, 7) is 7.74. The second-order valence-corrected chi connectivity index (χ2v) is 7.28. The number of ether oxygens (including phenoxy) is 1. The number of benzene rings is 1. The number of anilines is 1. The van der Waals surface area contributed by atoms with E-state index in [0.29, 0.717) is 23.4 Å². The maximum Gasteiger partial charge on any atom is 0.231 e. The fraction of sp³-hybridized carbons (Fsp3) is 0.316. The Morgan fingerprint density at radius 3 is 2.60 bits per heavy atom. The van der Waals surface area contributed by atoms with Gasteiger partial charge in [0.1, 0.15) is 16.4 Å². The molecule has 6 heteroatoms. The smallest absolute Gasteiger partial charge is 0.231 e. The zero-order chi connectivity index (χ0) is 18.0. The number of nitrogens with zero attached hydrogens (tertiary/aromatic N) is 2. The second kappa shape index (κ2) is 7.19. The highest BCUT2D eigenvalue weighted by atomic mass is 32.1. The Morgan fingerprint density at radius 2 is 1.96 bits per heavy atom. The van der Waals surface area contributed by atoms with E-state index in [4.69, 9.17) is 4.74 Å². The third-order valence-corrected chi connectivity index (χ3v) is 4.53. The Balaban J connectivity index is 1.94. The molecule has 0 fully saturated rings. The largest absolute Gasteiger partial charge is 0.438 e. The summed E-state index contributed by atoms with van der Waals surface area (Å²) in [6.07, 6.45) is 0.963. The van der Waals surface area contributed by atoms with Crippen molar-refractivity contribution >= 4 is 33.1 Å². The van der Waals surface area contributed by atoms with Crippen molar-refractivity contribution in [3.63, 3.8) is 0 Å². The molecule has 0 saturated heterocycles. The third-order valence-electron chi connectivity index (χ3n) is 3.61. The molecule has 3 aromatic rings. The summed E-state index contributed by atoms with van der Waals surface area (Å²) < 4.78 is 6.06. The number of rotatable bonds is 5. The average Bonchev–Trinajstić information content (AvgIpc) is 2.90. The van der Waals surface area contributed by atoms with Crippen molar-refractivity contribution in [2.75, 3.05) is 5.32 Å². The minimum atomic E-state index is -0.0987. The first-order chi connectivity index (χ1) is 11.9. The van der Waals surface area contributed by atoms with Crippen molar-refractivity contribution in [3.8, 4) is 11.6 Å². The highest BCUT2D eigenvalue weighted by Gasteiger charge is 2.15. The van der Waals surface area contributed by atoms with Crippen LogP contribution in [0.1, 0.15) is 32.2 Å². The van der Waals surface area contributed by atoms with Crippen LogP contribution >= 0.6 is 11.3 Å². The first-order valence-corrected chi connectivity index (χ1v) is 9.10. The SMILES string of the molecule is CC(=O)Nc1ccc(Oc2nc(C)nc3scc(CC(C)C)c23)cc1. The van der Waals surface area contributed by atoms with E-state index < -0.39 is 0 Å². The molecule has 1 aromatic carbocycles. The van der Waals surface area contributed by atoms with E-state index in [1.165, 1.54) is 12.5 Å². The summed E-state index contributed by atoms with van der Waals surface area (Å²) in [5, 5.41) is 5.88. The van der Waals surface area contributed by atoms with E-state index in [9.17, 15) is 4.79 Å². The molecule has 0 aliphatic rings. The van der Waals surface area contributed by atoms with Crippen LogP contribution in [0.4, 0.5) is 5.69 Å². The first-order valence-electron chi connectivity index (χ1n) is 8.22. The van der Waals surface area contributed by atoms with Gasteiger partial charge in [0.25, 0.3) is 0 Å². The monoisotopic (exact) mass is 355 g/mol. The van der Waals surface area contributed by atoms with Crippen LogP contribution in [-0.2, 0) is 11.2 Å². The predicted octanol–water partition coefficient (Wildman–Crippen LogP) is 4.95. The Hall–Kier alpha value is -2.47. The number of aryl methyl sites for hydroxylation is 1. The maximum absolute atomic E-state index is 11.1. The lowest BCUT2D eigenvalue weighted by Gasteiger charge is -2.10. The van der Waals surface area contributed by atoms with E-state index in [1.54, 1.807) is 11.3 Å². The maximum atomic E-state index is 11.1. The summed E-state index contributed by atoms with van der Waals surface area (Å²) in [5.74, 6) is 2.40. The minimum absolute atomic E-state index is 0.0987. The lowest BCUT2D eigenvalue weighted by molar-refractivity contribution is -0.114. The fourth-order valence-corrected chi connectivity index (χ4v) is 3.64. The molecule has 5 nitrogen and oxygen atoms in total. The van der Waals surface area contributed by atoms with Gasteiger partial charge in [0.15, 0.2) is 0 Å². The van der Waals surface area contributed by atoms with Crippen LogP contribution in [0.3, 0.4) is 0 Å². The molecule has 3 rings (SSSR count). The highest BCUT2D eigenvalue weighted by Crippen LogP contribution is 2.35. The summed E-state index contributed by atoms with van der Waals surface area (Å²) >= 11 is 1.63. The van der Waals surface area contributed by atoms with Crippen molar-refractivity contribution in [2.24, 2.45) is 5.92 Å². The summed E-state index contributed by atoms with van der Waals surface area (Å²) in [4.78, 5) is 21.1.